The summed E-state index contributed by atoms with van der Waals surface area (Å²) in [4.78, 5) is 2.48. The van der Waals surface area contributed by atoms with Crippen LogP contribution in [-0.4, -0.2) is 37.1 Å². The van der Waals surface area contributed by atoms with Crippen molar-refractivity contribution < 1.29 is 0 Å². The standard InChI is InChI=1S/C10H19N3/c1-2-3-7-13-8-4-10(9-13)12-6-5-11/h10,12H,2-4,6-9H2,1H3. The van der Waals surface area contributed by atoms with Gasteiger partial charge in [0.15, 0.2) is 0 Å². The number of hydrogen-bond donors (Lipinski definition) is 1. The minimum absolute atomic E-state index is 0.492. The summed E-state index contributed by atoms with van der Waals surface area (Å²) in [5.41, 5.74) is 0. The van der Waals surface area contributed by atoms with Crippen molar-refractivity contribution in [3.8, 4) is 6.07 Å². The third-order valence-electron chi connectivity index (χ3n) is 2.57. The topological polar surface area (TPSA) is 39.1 Å². The molecule has 3 nitrogen and oxygen atoms in total. The van der Waals surface area contributed by atoms with E-state index in [-0.39, 0.29) is 0 Å². The third kappa shape index (κ3) is 3.75. The Hall–Kier alpha value is -0.590. The number of unbranched alkanes of at least 4 members (excludes halogenated alkanes) is 1. The van der Waals surface area contributed by atoms with Crippen LogP contribution in [0.1, 0.15) is 26.2 Å². The first-order valence-corrected chi connectivity index (χ1v) is 5.19. The lowest BCUT2D eigenvalue weighted by Crippen LogP contribution is -2.32. The second-order valence-corrected chi connectivity index (χ2v) is 3.68. The Balaban J connectivity index is 2.09. The smallest absolute Gasteiger partial charge is 0.0843 e. The van der Waals surface area contributed by atoms with Gasteiger partial charge in [0.1, 0.15) is 0 Å². The zero-order valence-electron chi connectivity index (χ0n) is 8.42. The van der Waals surface area contributed by atoms with Crippen LogP contribution in [0.2, 0.25) is 0 Å². The highest BCUT2D eigenvalue weighted by Crippen LogP contribution is 2.09. The van der Waals surface area contributed by atoms with E-state index in [0.29, 0.717) is 12.6 Å². The second kappa shape index (κ2) is 5.95. The van der Waals surface area contributed by atoms with E-state index in [1.807, 2.05) is 0 Å². The van der Waals surface area contributed by atoms with Gasteiger partial charge >= 0.3 is 0 Å². The molecule has 0 amide bonds. The summed E-state index contributed by atoms with van der Waals surface area (Å²) in [6, 6.07) is 2.68. The van der Waals surface area contributed by atoms with Crippen molar-refractivity contribution in [2.75, 3.05) is 26.2 Å². The lowest BCUT2D eigenvalue weighted by atomic mass is 10.3. The molecule has 1 fully saturated rings. The maximum atomic E-state index is 8.41. The van der Waals surface area contributed by atoms with Gasteiger partial charge in [0.05, 0.1) is 12.6 Å². The fraction of sp³-hybridized carbons (Fsp3) is 0.900. The minimum Gasteiger partial charge on any atom is -0.302 e. The van der Waals surface area contributed by atoms with E-state index in [0.717, 1.165) is 6.54 Å². The summed E-state index contributed by atoms with van der Waals surface area (Å²) < 4.78 is 0. The van der Waals surface area contributed by atoms with Gasteiger partial charge in [0.2, 0.25) is 0 Å². The molecule has 1 heterocycles. The second-order valence-electron chi connectivity index (χ2n) is 3.68. The molecule has 13 heavy (non-hydrogen) atoms. The van der Waals surface area contributed by atoms with Crippen molar-refractivity contribution in [1.29, 1.82) is 5.26 Å². The normalized spacial score (nSPS) is 23.2. The van der Waals surface area contributed by atoms with E-state index >= 15 is 0 Å². The average Bonchev–Trinajstić information content (AvgIpc) is 2.59. The van der Waals surface area contributed by atoms with Gasteiger partial charge in [-0.25, -0.2) is 0 Å². The van der Waals surface area contributed by atoms with Crippen molar-refractivity contribution in [2.45, 2.75) is 32.2 Å². The molecule has 1 aliphatic heterocycles. The summed E-state index contributed by atoms with van der Waals surface area (Å²) in [7, 11) is 0. The molecule has 1 atom stereocenters. The molecular weight excluding hydrogens is 162 g/mol. The Morgan fingerprint density at radius 1 is 1.62 bits per heavy atom. The Bertz CT molecular complexity index is 173. The van der Waals surface area contributed by atoms with Gasteiger partial charge in [-0.1, -0.05) is 13.3 Å². The molecule has 1 N–H and O–H groups in total. The maximum Gasteiger partial charge on any atom is 0.0843 e. The van der Waals surface area contributed by atoms with Crippen LogP contribution in [0.25, 0.3) is 0 Å². The highest BCUT2D eigenvalue weighted by atomic mass is 15.2. The molecule has 0 spiro atoms. The number of nitriles is 1. The summed E-state index contributed by atoms with van der Waals surface area (Å²) in [5.74, 6) is 0. The monoisotopic (exact) mass is 181 g/mol. The first-order chi connectivity index (χ1) is 6.36. The molecule has 1 aliphatic rings. The summed E-state index contributed by atoms with van der Waals surface area (Å²) in [5, 5.41) is 11.6. The molecule has 0 aromatic heterocycles. The van der Waals surface area contributed by atoms with Gasteiger partial charge in [-0.3, -0.25) is 0 Å². The summed E-state index contributed by atoms with van der Waals surface area (Å²) in [6.45, 7) is 6.26. The van der Waals surface area contributed by atoms with Crippen LogP contribution >= 0.6 is 0 Å². The van der Waals surface area contributed by atoms with Crippen molar-refractivity contribution in [3.63, 3.8) is 0 Å². The van der Waals surface area contributed by atoms with Crippen LogP contribution in [0.15, 0.2) is 0 Å². The van der Waals surface area contributed by atoms with Crippen molar-refractivity contribution in [2.24, 2.45) is 0 Å². The number of hydrogen-bond acceptors (Lipinski definition) is 3. The Morgan fingerprint density at radius 2 is 2.46 bits per heavy atom. The summed E-state index contributed by atoms with van der Waals surface area (Å²) in [6.07, 6.45) is 3.77. The Morgan fingerprint density at radius 3 is 3.15 bits per heavy atom. The molecule has 1 rings (SSSR count). The Kier molecular flexibility index (Phi) is 4.81. The quantitative estimate of drug-likeness (QED) is 0.642. The van der Waals surface area contributed by atoms with E-state index in [9.17, 15) is 0 Å². The highest BCUT2D eigenvalue weighted by Gasteiger charge is 2.20. The highest BCUT2D eigenvalue weighted by molar-refractivity contribution is 4.84. The van der Waals surface area contributed by atoms with E-state index in [1.165, 1.54) is 32.4 Å². The zero-order valence-corrected chi connectivity index (χ0v) is 8.42. The van der Waals surface area contributed by atoms with Gasteiger partial charge in [-0.05, 0) is 25.9 Å². The van der Waals surface area contributed by atoms with Crippen LogP contribution in [0, 0.1) is 11.3 Å². The van der Waals surface area contributed by atoms with Gasteiger partial charge in [0, 0.05) is 12.6 Å². The molecule has 0 aromatic carbocycles. The molecule has 0 saturated carbocycles. The van der Waals surface area contributed by atoms with Crippen LogP contribution in [0.3, 0.4) is 0 Å². The van der Waals surface area contributed by atoms with Crippen LogP contribution in [-0.2, 0) is 0 Å². The maximum absolute atomic E-state index is 8.41. The molecule has 74 valence electrons. The fourth-order valence-corrected chi connectivity index (χ4v) is 1.77. The molecule has 1 unspecified atom stereocenters. The largest absolute Gasteiger partial charge is 0.302 e. The zero-order chi connectivity index (χ0) is 9.52. The van der Waals surface area contributed by atoms with E-state index in [1.54, 1.807) is 0 Å². The number of rotatable bonds is 5. The van der Waals surface area contributed by atoms with Crippen molar-refractivity contribution in [3.05, 3.63) is 0 Å². The molecule has 0 aliphatic carbocycles. The first kappa shape index (κ1) is 10.5. The first-order valence-electron chi connectivity index (χ1n) is 5.19. The lowest BCUT2D eigenvalue weighted by Gasteiger charge is -2.15. The van der Waals surface area contributed by atoms with Crippen molar-refractivity contribution >= 4 is 0 Å². The van der Waals surface area contributed by atoms with Crippen LogP contribution in [0.4, 0.5) is 0 Å². The minimum atomic E-state index is 0.492. The van der Waals surface area contributed by atoms with E-state index < -0.39 is 0 Å². The summed E-state index contributed by atoms with van der Waals surface area (Å²) >= 11 is 0. The van der Waals surface area contributed by atoms with Crippen LogP contribution in [0.5, 0.6) is 0 Å². The van der Waals surface area contributed by atoms with Crippen molar-refractivity contribution in [1.82, 2.24) is 10.2 Å². The predicted octanol–water partition coefficient (Wildman–Crippen LogP) is 0.974. The third-order valence-corrected chi connectivity index (χ3v) is 2.57. The van der Waals surface area contributed by atoms with E-state index in [4.69, 9.17) is 5.26 Å². The molecule has 3 heteroatoms. The number of nitrogens with one attached hydrogen (secondary N) is 1. The molecule has 0 radical (unpaired) electrons. The fourth-order valence-electron chi connectivity index (χ4n) is 1.77. The Labute approximate surface area is 80.7 Å². The van der Waals surface area contributed by atoms with Crippen LogP contribution < -0.4 is 5.32 Å². The average molecular weight is 181 g/mol. The molecule has 0 bridgehead atoms. The van der Waals surface area contributed by atoms with Gasteiger partial charge in [-0.15, -0.1) is 0 Å². The molecule has 0 aromatic rings. The predicted molar refractivity (Wildman–Crippen MR) is 53.4 cm³/mol. The number of nitrogens with zero attached hydrogens (tertiary/aromatic N) is 2. The van der Waals surface area contributed by atoms with E-state index in [2.05, 4.69) is 23.2 Å². The number of likely N-dealkylation sites (tertiary alicyclic amines) is 1. The molecule has 1 saturated heterocycles. The lowest BCUT2D eigenvalue weighted by molar-refractivity contribution is 0.323. The van der Waals surface area contributed by atoms with Gasteiger partial charge in [-0.2, -0.15) is 5.26 Å². The van der Waals surface area contributed by atoms with Gasteiger partial charge < -0.3 is 10.2 Å². The SMILES string of the molecule is CCCCN1CCC(NCC#N)C1. The van der Waals surface area contributed by atoms with Gasteiger partial charge in [0.25, 0.3) is 0 Å². The molecular formula is C10H19N3.